The number of hydrogen-bond donors (Lipinski definition) is 1. The van der Waals surface area contributed by atoms with Gasteiger partial charge in [-0.1, -0.05) is 18.5 Å². The van der Waals surface area contributed by atoms with Crippen LogP contribution in [0.4, 0.5) is 30.6 Å². The van der Waals surface area contributed by atoms with E-state index in [2.05, 4.69) is 27.1 Å². The van der Waals surface area contributed by atoms with Crippen LogP contribution in [-0.2, 0) is 6.18 Å². The number of hydrogen-bond acceptors (Lipinski definition) is 4. The summed E-state index contributed by atoms with van der Waals surface area (Å²) >= 11 is 5.72. The highest BCUT2D eigenvalue weighted by molar-refractivity contribution is 6.30. The topological polar surface area (TPSA) is 41.1 Å². The predicted molar refractivity (Wildman–Crippen MR) is 97.0 cm³/mol. The highest BCUT2D eigenvalue weighted by Crippen LogP contribution is 2.37. The summed E-state index contributed by atoms with van der Waals surface area (Å²) in [7, 11) is 0. The first-order valence-corrected chi connectivity index (χ1v) is 8.99. The summed E-state index contributed by atoms with van der Waals surface area (Å²) in [5.74, 6) is 0.868. The Hall–Kier alpha value is -2.02. The number of halogens is 4. The molecule has 1 aliphatic heterocycles. The predicted octanol–water partition coefficient (Wildman–Crippen LogP) is 5.66. The molecule has 26 heavy (non-hydrogen) atoms. The van der Waals surface area contributed by atoms with Crippen molar-refractivity contribution in [3.8, 4) is 0 Å². The van der Waals surface area contributed by atoms with Crippen molar-refractivity contribution in [1.82, 2.24) is 9.97 Å². The van der Waals surface area contributed by atoms with Crippen LogP contribution < -0.4 is 10.2 Å². The van der Waals surface area contributed by atoms with Crippen LogP contribution in [0.5, 0.6) is 0 Å². The molecule has 0 bridgehead atoms. The van der Waals surface area contributed by atoms with E-state index in [0.29, 0.717) is 6.04 Å². The minimum absolute atomic E-state index is 0.0247. The molecular weight excluding hydrogens is 365 g/mol. The number of piperidine rings is 1. The zero-order chi connectivity index (χ0) is 18.7. The average molecular weight is 385 g/mol. The van der Waals surface area contributed by atoms with Crippen molar-refractivity contribution in [1.29, 1.82) is 0 Å². The molecule has 4 nitrogen and oxygen atoms in total. The Labute approximate surface area is 155 Å². The molecule has 1 aromatic heterocycles. The zero-order valence-electron chi connectivity index (χ0n) is 14.4. The van der Waals surface area contributed by atoms with Crippen LogP contribution in [-0.4, -0.2) is 22.6 Å². The molecule has 1 aliphatic rings. The quantitative estimate of drug-likeness (QED) is 0.738. The average Bonchev–Trinajstić information content (AvgIpc) is 2.62. The first-order chi connectivity index (χ1) is 12.4. The standard InChI is InChI=1S/C18H20ClF3N4/c1-2-13-5-3-4-10-26(13)16-8-9-23-17(25-16)24-15-7-6-12(19)11-14(15)18(20,21)22/h6-9,11,13H,2-5,10H2,1H3,(H,23,24,25). The number of benzene rings is 1. The fourth-order valence-corrected chi connectivity index (χ4v) is 3.45. The summed E-state index contributed by atoms with van der Waals surface area (Å²) in [6.45, 7) is 3.02. The van der Waals surface area contributed by atoms with Crippen LogP contribution in [0.1, 0.15) is 38.2 Å². The third-order valence-corrected chi connectivity index (χ3v) is 4.80. The number of aromatic nitrogens is 2. The van der Waals surface area contributed by atoms with E-state index >= 15 is 0 Å². The third kappa shape index (κ3) is 4.20. The fourth-order valence-electron chi connectivity index (χ4n) is 3.28. The highest BCUT2D eigenvalue weighted by Gasteiger charge is 2.34. The number of nitrogens with zero attached hydrogens (tertiary/aromatic N) is 3. The van der Waals surface area contributed by atoms with Gasteiger partial charge in [-0.05, 0) is 49.9 Å². The highest BCUT2D eigenvalue weighted by atomic mass is 35.5. The second-order valence-electron chi connectivity index (χ2n) is 6.30. The Morgan fingerprint density at radius 1 is 1.27 bits per heavy atom. The molecule has 1 aromatic carbocycles. The van der Waals surface area contributed by atoms with Crippen LogP contribution >= 0.6 is 11.6 Å². The SMILES string of the molecule is CCC1CCCCN1c1ccnc(Nc2ccc(Cl)cc2C(F)(F)F)n1. The second kappa shape index (κ2) is 7.70. The lowest BCUT2D eigenvalue weighted by Gasteiger charge is -2.36. The van der Waals surface area contributed by atoms with Gasteiger partial charge in [-0.2, -0.15) is 18.2 Å². The molecule has 2 aromatic rings. The summed E-state index contributed by atoms with van der Waals surface area (Å²) in [6.07, 6.45) is 1.41. The largest absolute Gasteiger partial charge is 0.418 e. The molecule has 140 valence electrons. The van der Waals surface area contributed by atoms with E-state index in [9.17, 15) is 13.2 Å². The number of anilines is 3. The maximum atomic E-state index is 13.3. The molecule has 1 fully saturated rings. The minimum atomic E-state index is -4.52. The van der Waals surface area contributed by atoms with Crippen LogP contribution in [0.3, 0.4) is 0 Å². The molecule has 1 N–H and O–H groups in total. The normalized spacial score (nSPS) is 18.0. The lowest BCUT2D eigenvalue weighted by atomic mass is 10.0. The molecule has 0 aliphatic carbocycles. The first-order valence-electron chi connectivity index (χ1n) is 8.62. The van der Waals surface area contributed by atoms with E-state index in [1.54, 1.807) is 12.3 Å². The number of rotatable bonds is 4. The molecule has 0 saturated carbocycles. The van der Waals surface area contributed by atoms with Crippen LogP contribution in [0, 0.1) is 0 Å². The van der Waals surface area contributed by atoms with Gasteiger partial charge >= 0.3 is 6.18 Å². The maximum absolute atomic E-state index is 13.3. The number of alkyl halides is 3. The molecule has 8 heteroatoms. The molecule has 1 saturated heterocycles. The second-order valence-corrected chi connectivity index (χ2v) is 6.74. The molecule has 3 rings (SSSR count). The minimum Gasteiger partial charge on any atom is -0.353 e. The Bertz CT molecular complexity index is 766. The Morgan fingerprint density at radius 3 is 2.81 bits per heavy atom. The molecular formula is C18H20ClF3N4. The molecule has 0 radical (unpaired) electrons. The van der Waals surface area contributed by atoms with Crippen LogP contribution in [0.15, 0.2) is 30.5 Å². The van der Waals surface area contributed by atoms with Gasteiger partial charge in [0, 0.05) is 23.8 Å². The molecule has 0 amide bonds. The maximum Gasteiger partial charge on any atom is 0.418 e. The van der Waals surface area contributed by atoms with Gasteiger partial charge in [0.15, 0.2) is 0 Å². The first kappa shape index (κ1) is 18.8. The lowest BCUT2D eigenvalue weighted by molar-refractivity contribution is -0.136. The van der Waals surface area contributed by atoms with Gasteiger partial charge in [-0.25, -0.2) is 4.98 Å². The van der Waals surface area contributed by atoms with Crippen molar-refractivity contribution in [2.24, 2.45) is 0 Å². The molecule has 0 spiro atoms. The molecule has 2 heterocycles. The summed E-state index contributed by atoms with van der Waals surface area (Å²) in [5, 5.41) is 2.72. The van der Waals surface area contributed by atoms with Gasteiger partial charge in [0.2, 0.25) is 5.95 Å². The number of nitrogens with one attached hydrogen (secondary N) is 1. The Morgan fingerprint density at radius 2 is 2.08 bits per heavy atom. The Balaban J connectivity index is 1.88. The van der Waals surface area contributed by atoms with Crippen molar-refractivity contribution in [3.63, 3.8) is 0 Å². The van der Waals surface area contributed by atoms with Crippen LogP contribution in [0.25, 0.3) is 0 Å². The van der Waals surface area contributed by atoms with E-state index in [1.807, 2.05) is 0 Å². The van der Waals surface area contributed by atoms with E-state index in [-0.39, 0.29) is 16.7 Å². The van der Waals surface area contributed by atoms with E-state index < -0.39 is 11.7 Å². The lowest BCUT2D eigenvalue weighted by Crippen LogP contribution is -2.39. The van der Waals surface area contributed by atoms with E-state index in [4.69, 9.17) is 11.6 Å². The van der Waals surface area contributed by atoms with Crippen molar-refractivity contribution in [2.75, 3.05) is 16.8 Å². The summed E-state index contributed by atoms with van der Waals surface area (Å²) < 4.78 is 39.8. The summed E-state index contributed by atoms with van der Waals surface area (Å²) in [5.41, 5.74) is -0.965. The van der Waals surface area contributed by atoms with Crippen molar-refractivity contribution < 1.29 is 13.2 Å². The molecule has 1 atom stereocenters. The summed E-state index contributed by atoms with van der Waals surface area (Å²) in [4.78, 5) is 10.7. The smallest absolute Gasteiger partial charge is 0.353 e. The van der Waals surface area contributed by atoms with E-state index in [1.165, 1.54) is 18.6 Å². The van der Waals surface area contributed by atoms with Gasteiger partial charge in [0.25, 0.3) is 0 Å². The van der Waals surface area contributed by atoms with Gasteiger partial charge in [0.05, 0.1) is 11.3 Å². The Kier molecular flexibility index (Phi) is 5.55. The van der Waals surface area contributed by atoms with Crippen molar-refractivity contribution >= 4 is 29.1 Å². The zero-order valence-corrected chi connectivity index (χ0v) is 15.1. The van der Waals surface area contributed by atoms with E-state index in [0.717, 1.165) is 37.7 Å². The van der Waals surface area contributed by atoms with Crippen molar-refractivity contribution in [3.05, 3.63) is 41.0 Å². The van der Waals surface area contributed by atoms with Gasteiger partial charge in [0.1, 0.15) is 5.82 Å². The third-order valence-electron chi connectivity index (χ3n) is 4.57. The van der Waals surface area contributed by atoms with Crippen LogP contribution in [0.2, 0.25) is 5.02 Å². The van der Waals surface area contributed by atoms with Gasteiger partial charge < -0.3 is 10.2 Å². The summed E-state index contributed by atoms with van der Waals surface area (Å²) in [6, 6.07) is 5.78. The molecule has 1 unspecified atom stereocenters. The monoisotopic (exact) mass is 384 g/mol. The van der Waals surface area contributed by atoms with Gasteiger partial charge in [-0.3, -0.25) is 0 Å². The fraction of sp³-hybridized carbons (Fsp3) is 0.444. The van der Waals surface area contributed by atoms with Gasteiger partial charge in [-0.15, -0.1) is 0 Å². The van der Waals surface area contributed by atoms with Crippen molar-refractivity contribution in [2.45, 2.75) is 44.8 Å².